The highest BCUT2D eigenvalue weighted by Crippen LogP contribution is 2.17. The predicted octanol–water partition coefficient (Wildman–Crippen LogP) is 7.80. The van der Waals surface area contributed by atoms with Crippen LogP contribution in [0.2, 0.25) is 0 Å². The molecule has 0 aliphatic heterocycles. The van der Waals surface area contributed by atoms with Crippen molar-refractivity contribution in [1.82, 2.24) is 0 Å². The number of nitrogens with one attached hydrogen (secondary N) is 2. The lowest BCUT2D eigenvalue weighted by molar-refractivity contribution is 0.607. The van der Waals surface area contributed by atoms with Gasteiger partial charge in [0.25, 0.3) is 0 Å². The highest BCUT2D eigenvalue weighted by molar-refractivity contribution is 6.04. The first-order chi connectivity index (χ1) is 14.8. The Morgan fingerprint density at radius 3 is 1.73 bits per heavy atom. The maximum Gasteiger partial charge on any atom is 0.205 e. The summed E-state index contributed by atoms with van der Waals surface area (Å²) < 4.78 is 0. The van der Waals surface area contributed by atoms with Crippen LogP contribution < -0.4 is 10.6 Å². The van der Waals surface area contributed by atoms with E-state index < -0.39 is 0 Å². The second-order valence-corrected chi connectivity index (χ2v) is 7.63. The van der Waals surface area contributed by atoms with Gasteiger partial charge in [-0.05, 0) is 54.8 Å². The van der Waals surface area contributed by atoms with Crippen molar-refractivity contribution in [1.29, 1.82) is 0 Å². The molecular formula is C27H33N3. The van der Waals surface area contributed by atoms with Crippen LogP contribution in [0.3, 0.4) is 0 Å². The molecule has 0 radical (unpaired) electrons. The molecule has 3 nitrogen and oxygen atoms in total. The number of benzene rings is 3. The lowest BCUT2D eigenvalue weighted by Gasteiger charge is -2.13. The van der Waals surface area contributed by atoms with Crippen LogP contribution in [-0.2, 0) is 6.42 Å². The van der Waals surface area contributed by atoms with E-state index in [1.807, 2.05) is 60.7 Å². The van der Waals surface area contributed by atoms with Crippen LogP contribution in [0.1, 0.15) is 51.0 Å². The van der Waals surface area contributed by atoms with E-state index in [1.165, 1.54) is 44.1 Å². The van der Waals surface area contributed by atoms with E-state index >= 15 is 0 Å². The van der Waals surface area contributed by atoms with Gasteiger partial charge in [0.1, 0.15) is 0 Å². The van der Waals surface area contributed by atoms with Gasteiger partial charge in [-0.1, -0.05) is 87.6 Å². The number of para-hydroxylation sites is 2. The topological polar surface area (TPSA) is 36.4 Å². The molecule has 2 N–H and O–H groups in total. The van der Waals surface area contributed by atoms with E-state index in [0.29, 0.717) is 5.96 Å². The Bertz CT molecular complexity index is 828. The zero-order valence-electron chi connectivity index (χ0n) is 18.0. The number of hydrogen-bond acceptors (Lipinski definition) is 1. The van der Waals surface area contributed by atoms with E-state index in [4.69, 9.17) is 4.99 Å². The second kappa shape index (κ2) is 12.5. The molecule has 0 aromatic heterocycles. The van der Waals surface area contributed by atoms with Gasteiger partial charge in [-0.3, -0.25) is 0 Å². The van der Waals surface area contributed by atoms with Crippen molar-refractivity contribution in [2.24, 2.45) is 4.99 Å². The summed E-state index contributed by atoms with van der Waals surface area (Å²) in [6.45, 7) is 2.26. The maximum atomic E-state index is 4.81. The third-order valence-electron chi connectivity index (χ3n) is 5.07. The molecule has 0 bridgehead atoms. The van der Waals surface area contributed by atoms with Crippen LogP contribution in [0.15, 0.2) is 89.9 Å². The number of hydrogen-bond donors (Lipinski definition) is 2. The summed E-state index contributed by atoms with van der Waals surface area (Å²) >= 11 is 0. The second-order valence-electron chi connectivity index (χ2n) is 7.63. The van der Waals surface area contributed by atoms with E-state index in [-0.39, 0.29) is 0 Å². The number of unbranched alkanes of at least 4 members (excludes halogenated alkanes) is 5. The fourth-order valence-corrected chi connectivity index (χ4v) is 3.38. The summed E-state index contributed by atoms with van der Waals surface area (Å²) in [5.41, 5.74) is 4.32. The highest BCUT2D eigenvalue weighted by Gasteiger charge is 2.03. The van der Waals surface area contributed by atoms with E-state index in [0.717, 1.165) is 23.5 Å². The van der Waals surface area contributed by atoms with Gasteiger partial charge in [-0.25, -0.2) is 4.99 Å². The monoisotopic (exact) mass is 399 g/mol. The zero-order valence-corrected chi connectivity index (χ0v) is 18.0. The maximum absolute atomic E-state index is 4.81. The van der Waals surface area contributed by atoms with Gasteiger partial charge in [0, 0.05) is 11.4 Å². The Morgan fingerprint density at radius 1 is 0.633 bits per heavy atom. The van der Waals surface area contributed by atoms with Crippen LogP contribution in [0.4, 0.5) is 17.1 Å². The smallest absolute Gasteiger partial charge is 0.205 e. The molecule has 3 rings (SSSR count). The van der Waals surface area contributed by atoms with Crippen LogP contribution >= 0.6 is 0 Å². The zero-order chi connectivity index (χ0) is 20.9. The Kier molecular flexibility index (Phi) is 9.00. The molecule has 0 saturated carbocycles. The van der Waals surface area contributed by atoms with Crippen molar-refractivity contribution >= 4 is 23.0 Å². The molecule has 0 amide bonds. The Hall–Kier alpha value is -3.07. The molecule has 3 heteroatoms. The molecule has 0 fully saturated rings. The van der Waals surface area contributed by atoms with Gasteiger partial charge in [-0.2, -0.15) is 0 Å². The van der Waals surface area contributed by atoms with E-state index in [1.54, 1.807) is 0 Å². The van der Waals surface area contributed by atoms with Gasteiger partial charge in [-0.15, -0.1) is 0 Å². The number of anilines is 2. The SMILES string of the molecule is CCCCCCCCc1ccc(N=C(Nc2ccccc2)Nc2ccccc2)cc1. The summed E-state index contributed by atoms with van der Waals surface area (Å²) in [5, 5.41) is 6.78. The van der Waals surface area contributed by atoms with Crippen molar-refractivity contribution in [3.05, 3.63) is 90.5 Å². The molecule has 0 saturated heterocycles. The molecule has 156 valence electrons. The van der Waals surface area contributed by atoms with Gasteiger partial charge < -0.3 is 10.6 Å². The Labute approximate surface area is 181 Å². The van der Waals surface area contributed by atoms with Crippen LogP contribution in [-0.4, -0.2) is 5.96 Å². The van der Waals surface area contributed by atoms with Crippen molar-refractivity contribution in [2.75, 3.05) is 10.6 Å². The quantitative estimate of drug-likeness (QED) is 0.207. The summed E-state index contributed by atoms with van der Waals surface area (Å²) in [5.74, 6) is 0.705. The number of aliphatic imine (C=N–C) groups is 1. The van der Waals surface area contributed by atoms with Crippen molar-refractivity contribution in [3.8, 4) is 0 Å². The van der Waals surface area contributed by atoms with Crippen LogP contribution in [0.25, 0.3) is 0 Å². The lowest BCUT2D eigenvalue weighted by Crippen LogP contribution is -2.21. The average Bonchev–Trinajstić information content (AvgIpc) is 2.79. The number of guanidine groups is 1. The third kappa shape index (κ3) is 7.75. The minimum atomic E-state index is 0.705. The summed E-state index contributed by atoms with van der Waals surface area (Å²) in [6.07, 6.45) is 9.14. The number of nitrogens with zero attached hydrogens (tertiary/aromatic N) is 1. The standard InChI is InChI=1S/C27H33N3/c1-2-3-4-5-6-9-14-23-19-21-26(22-20-23)30-27(28-24-15-10-7-11-16-24)29-25-17-12-8-13-18-25/h7-8,10-13,15-22H,2-6,9,14H2,1H3,(H2,28,29,30). The largest absolute Gasteiger partial charge is 0.326 e. The third-order valence-corrected chi connectivity index (χ3v) is 5.07. The minimum absolute atomic E-state index is 0.705. The van der Waals surface area contributed by atoms with Crippen molar-refractivity contribution in [2.45, 2.75) is 51.9 Å². The summed E-state index contributed by atoms with van der Waals surface area (Å²) in [4.78, 5) is 4.81. The fraction of sp³-hybridized carbons (Fsp3) is 0.296. The Balaban J connectivity index is 1.63. The van der Waals surface area contributed by atoms with Crippen molar-refractivity contribution in [3.63, 3.8) is 0 Å². The fourth-order valence-electron chi connectivity index (χ4n) is 3.38. The first-order valence-electron chi connectivity index (χ1n) is 11.2. The molecule has 3 aromatic carbocycles. The normalized spacial score (nSPS) is 10.4. The molecule has 3 aromatic rings. The summed E-state index contributed by atoms with van der Waals surface area (Å²) in [6, 6.07) is 28.8. The minimum Gasteiger partial charge on any atom is -0.326 e. The molecule has 0 atom stereocenters. The van der Waals surface area contributed by atoms with Crippen LogP contribution in [0.5, 0.6) is 0 Å². The number of rotatable bonds is 10. The van der Waals surface area contributed by atoms with Gasteiger partial charge in [0.05, 0.1) is 5.69 Å². The molecule has 0 aliphatic carbocycles. The molecule has 0 unspecified atom stereocenters. The first kappa shape index (κ1) is 21.6. The molecule has 30 heavy (non-hydrogen) atoms. The summed E-state index contributed by atoms with van der Waals surface area (Å²) in [7, 11) is 0. The number of aryl methyl sites for hydroxylation is 1. The molecule has 0 aliphatic rings. The molecular weight excluding hydrogens is 366 g/mol. The van der Waals surface area contributed by atoms with Crippen molar-refractivity contribution < 1.29 is 0 Å². The molecule has 0 spiro atoms. The highest BCUT2D eigenvalue weighted by atomic mass is 15.2. The molecule has 0 heterocycles. The average molecular weight is 400 g/mol. The predicted molar refractivity (Wildman–Crippen MR) is 131 cm³/mol. The van der Waals surface area contributed by atoms with Gasteiger partial charge in [0.2, 0.25) is 5.96 Å². The Morgan fingerprint density at radius 2 is 1.17 bits per heavy atom. The lowest BCUT2D eigenvalue weighted by atomic mass is 10.0. The van der Waals surface area contributed by atoms with Gasteiger partial charge in [0.15, 0.2) is 0 Å². The van der Waals surface area contributed by atoms with Gasteiger partial charge >= 0.3 is 0 Å². The first-order valence-corrected chi connectivity index (χ1v) is 11.2. The van der Waals surface area contributed by atoms with E-state index in [9.17, 15) is 0 Å². The van der Waals surface area contributed by atoms with Crippen LogP contribution in [0, 0.1) is 0 Å². The van der Waals surface area contributed by atoms with E-state index in [2.05, 4.69) is 41.8 Å².